The first kappa shape index (κ1) is 18.2. The number of pyridine rings is 1. The molecule has 3 aromatic rings. The molecule has 0 spiro atoms. The fourth-order valence-corrected chi connectivity index (χ4v) is 2.87. The number of nitrogens with one attached hydrogen (secondary N) is 2. The van der Waals surface area contributed by atoms with Crippen molar-refractivity contribution >= 4 is 40.5 Å². The number of hydrogen-bond donors (Lipinski definition) is 2. The zero-order chi connectivity index (χ0) is 18.5. The molecule has 2 N–H and O–H groups in total. The number of aromatic nitrogens is 1. The van der Waals surface area contributed by atoms with Crippen LogP contribution in [0.3, 0.4) is 0 Å². The fourth-order valence-electron chi connectivity index (χ4n) is 2.34. The van der Waals surface area contributed by atoms with E-state index in [0.29, 0.717) is 32.5 Å². The van der Waals surface area contributed by atoms with Gasteiger partial charge in [-0.15, -0.1) is 0 Å². The second kappa shape index (κ2) is 8.17. The molecule has 26 heavy (non-hydrogen) atoms. The number of benzene rings is 2. The quantitative estimate of drug-likeness (QED) is 0.630. The number of amides is 1. The van der Waals surface area contributed by atoms with Crippen LogP contribution in [0.5, 0.6) is 0 Å². The van der Waals surface area contributed by atoms with E-state index in [1.54, 1.807) is 48.7 Å². The van der Waals surface area contributed by atoms with Gasteiger partial charge in [-0.25, -0.2) is 4.39 Å². The van der Waals surface area contributed by atoms with Gasteiger partial charge in [-0.05, 0) is 30.3 Å². The fraction of sp³-hybridized carbons (Fsp3) is 0.0526. The number of halogens is 3. The molecule has 0 unspecified atom stereocenters. The van der Waals surface area contributed by atoms with Crippen LogP contribution in [0.2, 0.25) is 10.0 Å². The van der Waals surface area contributed by atoms with Crippen molar-refractivity contribution in [3.63, 3.8) is 0 Å². The Kier molecular flexibility index (Phi) is 5.71. The highest BCUT2D eigenvalue weighted by atomic mass is 35.5. The van der Waals surface area contributed by atoms with Crippen LogP contribution >= 0.6 is 23.2 Å². The van der Waals surface area contributed by atoms with E-state index in [2.05, 4.69) is 15.6 Å². The summed E-state index contributed by atoms with van der Waals surface area (Å²) < 4.78 is 13.6. The number of hydrogen-bond acceptors (Lipinski definition) is 3. The van der Waals surface area contributed by atoms with Crippen LogP contribution in [0.1, 0.15) is 15.9 Å². The highest BCUT2D eigenvalue weighted by Gasteiger charge is 2.09. The Bertz CT molecular complexity index is 929. The summed E-state index contributed by atoms with van der Waals surface area (Å²) in [6, 6.07) is 13.0. The number of anilines is 2. The van der Waals surface area contributed by atoms with Gasteiger partial charge in [-0.2, -0.15) is 0 Å². The lowest BCUT2D eigenvalue weighted by Gasteiger charge is -2.10. The second-order valence-electron chi connectivity index (χ2n) is 5.52. The van der Waals surface area contributed by atoms with E-state index in [9.17, 15) is 9.18 Å². The van der Waals surface area contributed by atoms with Gasteiger partial charge in [0.1, 0.15) is 5.82 Å². The molecule has 0 fully saturated rings. The summed E-state index contributed by atoms with van der Waals surface area (Å²) in [7, 11) is 0. The van der Waals surface area contributed by atoms with Crippen molar-refractivity contribution in [1.82, 2.24) is 10.3 Å². The minimum Gasteiger partial charge on any atom is -0.354 e. The molecule has 4 nitrogen and oxygen atoms in total. The first-order chi connectivity index (χ1) is 12.5. The molecular weight excluding hydrogens is 376 g/mol. The lowest BCUT2D eigenvalue weighted by Crippen LogP contribution is -2.23. The normalized spacial score (nSPS) is 10.4. The maximum Gasteiger partial charge on any atom is 0.253 e. The van der Waals surface area contributed by atoms with Gasteiger partial charge in [0.2, 0.25) is 0 Å². The lowest BCUT2D eigenvalue weighted by molar-refractivity contribution is 0.0950. The molecule has 0 bridgehead atoms. The van der Waals surface area contributed by atoms with Gasteiger partial charge in [0.05, 0.1) is 17.4 Å². The second-order valence-corrected chi connectivity index (χ2v) is 6.39. The zero-order valence-corrected chi connectivity index (χ0v) is 15.0. The van der Waals surface area contributed by atoms with E-state index < -0.39 is 0 Å². The van der Waals surface area contributed by atoms with Crippen LogP contribution in [0.15, 0.2) is 60.9 Å². The molecule has 0 aliphatic rings. The average Bonchev–Trinajstić information content (AvgIpc) is 2.60. The average molecular weight is 390 g/mol. The summed E-state index contributed by atoms with van der Waals surface area (Å²) in [6.07, 6.45) is 3.01. The van der Waals surface area contributed by atoms with Gasteiger partial charge in [0.25, 0.3) is 5.91 Å². The first-order valence-electron chi connectivity index (χ1n) is 7.71. The molecule has 0 saturated heterocycles. The summed E-state index contributed by atoms with van der Waals surface area (Å²) in [5.74, 6) is -0.715. The molecule has 0 atom stereocenters. The van der Waals surface area contributed by atoms with Crippen molar-refractivity contribution in [3.8, 4) is 0 Å². The van der Waals surface area contributed by atoms with Gasteiger partial charge in [-0.1, -0.05) is 41.4 Å². The van der Waals surface area contributed by atoms with Gasteiger partial charge in [0.15, 0.2) is 0 Å². The third-order valence-corrected chi connectivity index (χ3v) is 3.99. The highest BCUT2D eigenvalue weighted by molar-refractivity contribution is 6.35. The zero-order valence-electron chi connectivity index (χ0n) is 13.5. The van der Waals surface area contributed by atoms with Crippen LogP contribution in [-0.2, 0) is 6.54 Å². The van der Waals surface area contributed by atoms with Gasteiger partial charge >= 0.3 is 0 Å². The summed E-state index contributed by atoms with van der Waals surface area (Å²) >= 11 is 12.0. The summed E-state index contributed by atoms with van der Waals surface area (Å²) in [6.45, 7) is 0.0903. The standard InChI is InChI=1S/C19H14Cl2FN3O/c20-14-6-15(21)8-16(7-14)25-17-5-13(9-23-11-17)19(26)24-10-12-3-1-2-4-18(12)22/h1-9,11,25H,10H2,(H,24,26). The van der Waals surface area contributed by atoms with Crippen LogP contribution < -0.4 is 10.6 Å². The molecule has 0 radical (unpaired) electrons. The Morgan fingerprint density at radius 2 is 1.73 bits per heavy atom. The summed E-state index contributed by atoms with van der Waals surface area (Å²) in [5.41, 5.74) is 2.03. The Labute approximate surface area is 160 Å². The third kappa shape index (κ3) is 4.71. The minimum absolute atomic E-state index is 0.0903. The third-order valence-electron chi connectivity index (χ3n) is 3.55. The first-order valence-corrected chi connectivity index (χ1v) is 8.46. The van der Waals surface area contributed by atoms with Crippen LogP contribution in [0.4, 0.5) is 15.8 Å². The number of carbonyl (C=O) groups is 1. The van der Waals surface area contributed by atoms with Crippen molar-refractivity contribution in [1.29, 1.82) is 0 Å². The Morgan fingerprint density at radius 3 is 2.46 bits per heavy atom. The van der Waals surface area contributed by atoms with Crippen molar-refractivity contribution in [3.05, 3.63) is 87.9 Å². The smallest absolute Gasteiger partial charge is 0.253 e. The molecule has 1 aromatic heterocycles. The molecule has 0 aliphatic carbocycles. The van der Waals surface area contributed by atoms with E-state index in [0.717, 1.165) is 0 Å². The molecule has 3 rings (SSSR count). The molecule has 1 amide bonds. The van der Waals surface area contributed by atoms with Gasteiger partial charge in [-0.3, -0.25) is 9.78 Å². The number of carbonyl (C=O) groups excluding carboxylic acids is 1. The monoisotopic (exact) mass is 389 g/mol. The minimum atomic E-state index is -0.362. The molecule has 0 aliphatic heterocycles. The SMILES string of the molecule is O=C(NCc1ccccc1F)c1cncc(Nc2cc(Cl)cc(Cl)c2)c1. The molecule has 0 saturated carbocycles. The Hall–Kier alpha value is -2.63. The predicted octanol–water partition coefficient (Wildman–Crippen LogP) is 5.20. The van der Waals surface area contributed by atoms with Crippen LogP contribution in [-0.4, -0.2) is 10.9 Å². The van der Waals surface area contributed by atoms with E-state index in [4.69, 9.17) is 23.2 Å². The topological polar surface area (TPSA) is 54.0 Å². The van der Waals surface area contributed by atoms with Crippen LogP contribution in [0.25, 0.3) is 0 Å². The van der Waals surface area contributed by atoms with E-state index in [1.807, 2.05) is 0 Å². The Balaban J connectivity index is 1.70. The van der Waals surface area contributed by atoms with E-state index in [-0.39, 0.29) is 18.3 Å². The molecule has 7 heteroatoms. The predicted molar refractivity (Wildman–Crippen MR) is 102 cm³/mol. The molecule has 2 aromatic carbocycles. The maximum atomic E-state index is 13.6. The van der Waals surface area contributed by atoms with E-state index >= 15 is 0 Å². The highest BCUT2D eigenvalue weighted by Crippen LogP contribution is 2.25. The maximum absolute atomic E-state index is 13.6. The Morgan fingerprint density at radius 1 is 1.00 bits per heavy atom. The van der Waals surface area contributed by atoms with Crippen LogP contribution in [0, 0.1) is 5.82 Å². The number of rotatable bonds is 5. The van der Waals surface area contributed by atoms with Crippen molar-refractivity contribution in [2.45, 2.75) is 6.54 Å². The largest absolute Gasteiger partial charge is 0.354 e. The lowest BCUT2D eigenvalue weighted by atomic mass is 10.2. The van der Waals surface area contributed by atoms with Crippen molar-refractivity contribution in [2.24, 2.45) is 0 Å². The van der Waals surface area contributed by atoms with E-state index in [1.165, 1.54) is 12.3 Å². The van der Waals surface area contributed by atoms with Gasteiger partial charge < -0.3 is 10.6 Å². The van der Waals surface area contributed by atoms with Crippen molar-refractivity contribution in [2.75, 3.05) is 5.32 Å². The number of nitrogens with zero attached hydrogens (tertiary/aromatic N) is 1. The summed E-state index contributed by atoms with van der Waals surface area (Å²) in [4.78, 5) is 16.4. The van der Waals surface area contributed by atoms with Crippen molar-refractivity contribution < 1.29 is 9.18 Å². The molecule has 132 valence electrons. The molecular formula is C19H14Cl2FN3O. The summed E-state index contributed by atoms with van der Waals surface area (Å²) in [5, 5.41) is 6.75. The molecule has 1 heterocycles. The van der Waals surface area contributed by atoms with Gasteiger partial charge in [0, 0.05) is 34.0 Å².